The minimum Gasteiger partial charge on any atom is -0.492 e. The van der Waals surface area contributed by atoms with Crippen LogP contribution in [-0.4, -0.2) is 28.6 Å². The molecule has 182 valence electrons. The maximum atomic E-state index is 12.4. The number of ether oxygens (including phenoxy) is 1. The second kappa shape index (κ2) is 11.9. The van der Waals surface area contributed by atoms with E-state index in [4.69, 9.17) is 21.3 Å². The summed E-state index contributed by atoms with van der Waals surface area (Å²) >= 11 is 5.92. The third kappa shape index (κ3) is 6.64. The maximum Gasteiger partial charge on any atom is 0.224 e. The van der Waals surface area contributed by atoms with E-state index in [9.17, 15) is 4.79 Å². The summed E-state index contributed by atoms with van der Waals surface area (Å²) in [5.74, 6) is 2.35. The van der Waals surface area contributed by atoms with Crippen molar-refractivity contribution in [3.05, 3.63) is 94.8 Å². The van der Waals surface area contributed by atoms with Gasteiger partial charge in [0, 0.05) is 18.0 Å². The summed E-state index contributed by atoms with van der Waals surface area (Å²) in [6, 6.07) is 23.8. The van der Waals surface area contributed by atoms with Gasteiger partial charge < -0.3 is 14.6 Å². The summed E-state index contributed by atoms with van der Waals surface area (Å²) in [6.45, 7) is 6.18. The fourth-order valence-electron chi connectivity index (χ4n) is 4.11. The number of carbonyl (C=O) groups excluding carboxylic acids is 1. The van der Waals surface area contributed by atoms with Gasteiger partial charge in [0.05, 0.1) is 24.0 Å². The minimum absolute atomic E-state index is 0.0147. The number of nitrogens with zero attached hydrogens (tertiary/aromatic N) is 2. The second-order valence-corrected chi connectivity index (χ2v) is 9.23. The quantitative estimate of drug-likeness (QED) is 0.273. The van der Waals surface area contributed by atoms with Crippen LogP contribution in [0.2, 0.25) is 5.02 Å². The number of carbonyl (C=O) groups is 1. The van der Waals surface area contributed by atoms with Gasteiger partial charge in [-0.15, -0.1) is 0 Å². The average molecular weight is 490 g/mol. The zero-order valence-corrected chi connectivity index (χ0v) is 21.1. The van der Waals surface area contributed by atoms with Crippen LogP contribution in [-0.2, 0) is 24.2 Å². The molecule has 1 aromatic heterocycles. The molecule has 35 heavy (non-hydrogen) atoms. The maximum absolute atomic E-state index is 12.4. The topological polar surface area (TPSA) is 56.1 Å². The first kappa shape index (κ1) is 24.8. The molecule has 4 aromatic rings. The first-order valence-corrected chi connectivity index (χ1v) is 12.6. The van der Waals surface area contributed by atoms with Gasteiger partial charge in [0.15, 0.2) is 0 Å². The van der Waals surface area contributed by atoms with E-state index >= 15 is 0 Å². The number of benzene rings is 3. The lowest BCUT2D eigenvalue weighted by Crippen LogP contribution is -2.28. The van der Waals surface area contributed by atoms with Gasteiger partial charge in [-0.05, 0) is 59.9 Å². The zero-order chi connectivity index (χ0) is 24.6. The van der Waals surface area contributed by atoms with Crippen molar-refractivity contribution in [2.75, 3.05) is 13.2 Å². The van der Waals surface area contributed by atoms with E-state index in [1.807, 2.05) is 42.5 Å². The Morgan fingerprint density at radius 1 is 1.06 bits per heavy atom. The van der Waals surface area contributed by atoms with Crippen molar-refractivity contribution < 1.29 is 9.53 Å². The molecule has 0 saturated carbocycles. The number of para-hydroxylation sites is 2. The highest BCUT2D eigenvalue weighted by Gasteiger charge is 2.12. The van der Waals surface area contributed by atoms with Crippen molar-refractivity contribution >= 4 is 28.5 Å². The van der Waals surface area contributed by atoms with Crippen LogP contribution < -0.4 is 10.1 Å². The highest BCUT2D eigenvalue weighted by molar-refractivity contribution is 6.30. The molecule has 1 heterocycles. The van der Waals surface area contributed by atoms with Crippen molar-refractivity contribution in [1.29, 1.82) is 0 Å². The molecule has 0 aliphatic heterocycles. The molecule has 0 aliphatic carbocycles. The predicted molar refractivity (Wildman–Crippen MR) is 142 cm³/mol. The lowest BCUT2D eigenvalue weighted by atomic mass is 9.99. The molecule has 1 unspecified atom stereocenters. The van der Waals surface area contributed by atoms with Crippen molar-refractivity contribution in [3.8, 4) is 5.75 Å². The monoisotopic (exact) mass is 489 g/mol. The van der Waals surface area contributed by atoms with Crippen LogP contribution in [0.15, 0.2) is 72.8 Å². The van der Waals surface area contributed by atoms with E-state index in [2.05, 4.69) is 41.9 Å². The Labute approximate surface area is 212 Å². The predicted octanol–water partition coefficient (Wildman–Crippen LogP) is 6.18. The molecule has 0 fully saturated rings. The van der Waals surface area contributed by atoms with Gasteiger partial charge in [-0.25, -0.2) is 4.98 Å². The van der Waals surface area contributed by atoms with Gasteiger partial charge in [-0.2, -0.15) is 0 Å². The summed E-state index contributed by atoms with van der Waals surface area (Å²) in [7, 11) is 0. The number of halogens is 1. The number of rotatable bonds is 11. The number of nitrogens with one attached hydrogen (secondary N) is 1. The molecule has 1 atom stereocenters. The van der Waals surface area contributed by atoms with Crippen LogP contribution in [0.5, 0.6) is 5.75 Å². The SMILES string of the molecule is CCC(C)c1ccc(OCCn2c(CCNC(=O)Cc3ccc(Cl)cc3)nc3ccccc32)cc1. The highest BCUT2D eigenvalue weighted by atomic mass is 35.5. The molecule has 3 aromatic carbocycles. The van der Waals surface area contributed by atoms with E-state index in [-0.39, 0.29) is 5.91 Å². The molecule has 1 N–H and O–H groups in total. The molecule has 0 spiro atoms. The minimum atomic E-state index is -0.0147. The third-order valence-corrected chi connectivity index (χ3v) is 6.58. The molecular formula is C29H32ClN3O2. The first-order chi connectivity index (χ1) is 17.0. The Balaban J connectivity index is 1.35. The second-order valence-electron chi connectivity index (χ2n) is 8.80. The Morgan fingerprint density at radius 2 is 1.80 bits per heavy atom. The third-order valence-electron chi connectivity index (χ3n) is 6.33. The number of hydrogen-bond acceptors (Lipinski definition) is 3. The molecule has 0 bridgehead atoms. The lowest BCUT2D eigenvalue weighted by Gasteiger charge is -2.13. The van der Waals surface area contributed by atoms with Crippen molar-refractivity contribution in [2.24, 2.45) is 0 Å². The number of hydrogen-bond donors (Lipinski definition) is 1. The molecular weight excluding hydrogens is 458 g/mol. The largest absolute Gasteiger partial charge is 0.492 e. The molecule has 6 heteroatoms. The summed E-state index contributed by atoms with van der Waals surface area (Å²) in [4.78, 5) is 17.2. The van der Waals surface area contributed by atoms with Crippen molar-refractivity contribution in [1.82, 2.24) is 14.9 Å². The van der Waals surface area contributed by atoms with Crippen molar-refractivity contribution in [2.45, 2.75) is 45.6 Å². The van der Waals surface area contributed by atoms with Crippen molar-refractivity contribution in [3.63, 3.8) is 0 Å². The van der Waals surface area contributed by atoms with Gasteiger partial charge in [0.1, 0.15) is 18.2 Å². The van der Waals surface area contributed by atoms with E-state index in [0.717, 1.165) is 34.6 Å². The summed E-state index contributed by atoms with van der Waals surface area (Å²) < 4.78 is 8.23. The van der Waals surface area contributed by atoms with E-state index < -0.39 is 0 Å². The van der Waals surface area contributed by atoms with E-state index in [1.54, 1.807) is 12.1 Å². The Hall–Kier alpha value is -3.31. The van der Waals surface area contributed by atoms with Crippen LogP contribution in [0.1, 0.15) is 43.1 Å². The van der Waals surface area contributed by atoms with E-state index in [0.29, 0.717) is 43.5 Å². The van der Waals surface area contributed by atoms with Gasteiger partial charge in [-0.3, -0.25) is 4.79 Å². The fourth-order valence-corrected chi connectivity index (χ4v) is 4.24. The first-order valence-electron chi connectivity index (χ1n) is 12.2. The summed E-state index contributed by atoms with van der Waals surface area (Å²) in [6.07, 6.45) is 2.10. The number of fused-ring (bicyclic) bond motifs is 1. The Bertz CT molecular complexity index is 1250. The molecule has 0 saturated heterocycles. The molecule has 0 aliphatic rings. The molecule has 5 nitrogen and oxygen atoms in total. The molecule has 4 rings (SSSR count). The Kier molecular flexibility index (Phi) is 8.43. The zero-order valence-electron chi connectivity index (χ0n) is 20.3. The average Bonchev–Trinajstić information content (AvgIpc) is 3.22. The van der Waals surface area contributed by atoms with Gasteiger partial charge in [0.25, 0.3) is 0 Å². The highest BCUT2D eigenvalue weighted by Crippen LogP contribution is 2.22. The normalized spacial score (nSPS) is 12.0. The van der Waals surface area contributed by atoms with Crippen LogP contribution in [0, 0.1) is 0 Å². The van der Waals surface area contributed by atoms with E-state index in [1.165, 1.54) is 5.56 Å². The van der Waals surface area contributed by atoms with Crippen LogP contribution in [0.4, 0.5) is 0 Å². The smallest absolute Gasteiger partial charge is 0.224 e. The fraction of sp³-hybridized carbons (Fsp3) is 0.310. The molecule has 1 amide bonds. The van der Waals surface area contributed by atoms with Crippen LogP contribution >= 0.6 is 11.6 Å². The van der Waals surface area contributed by atoms with Gasteiger partial charge >= 0.3 is 0 Å². The number of imidazole rings is 1. The van der Waals surface area contributed by atoms with Gasteiger partial charge in [-0.1, -0.05) is 61.8 Å². The van der Waals surface area contributed by atoms with Crippen LogP contribution in [0.25, 0.3) is 11.0 Å². The summed E-state index contributed by atoms with van der Waals surface area (Å²) in [5.41, 5.74) is 4.30. The summed E-state index contributed by atoms with van der Waals surface area (Å²) in [5, 5.41) is 3.68. The lowest BCUT2D eigenvalue weighted by molar-refractivity contribution is -0.120. The Morgan fingerprint density at radius 3 is 2.54 bits per heavy atom. The van der Waals surface area contributed by atoms with Crippen LogP contribution in [0.3, 0.4) is 0 Å². The number of aromatic nitrogens is 2. The molecule has 0 radical (unpaired) electrons. The van der Waals surface area contributed by atoms with Gasteiger partial charge in [0.2, 0.25) is 5.91 Å². The number of amides is 1. The standard InChI is InChI=1S/C29H32ClN3O2/c1-3-21(2)23-10-14-25(15-11-23)35-19-18-33-27-7-5-4-6-26(27)32-28(33)16-17-31-29(34)20-22-8-12-24(30)13-9-22/h4-15,21H,3,16-20H2,1-2H3,(H,31,34).